The smallest absolute Gasteiger partial charge is 0.323 e. The minimum absolute atomic E-state index is 0.405. The molecule has 0 saturated carbocycles. The van der Waals surface area contributed by atoms with Gasteiger partial charge in [-0.15, -0.1) is 0 Å². The fourth-order valence-corrected chi connectivity index (χ4v) is 2.84. The molecule has 0 amide bonds. The average Bonchev–Trinajstić information content (AvgIpc) is 2.84. The van der Waals surface area contributed by atoms with Crippen molar-refractivity contribution in [2.45, 2.75) is 56.4 Å². The molecule has 2 atom stereocenters. The van der Waals surface area contributed by atoms with Gasteiger partial charge in [0.1, 0.15) is 5.54 Å². The maximum absolute atomic E-state index is 11.4. The van der Waals surface area contributed by atoms with Crippen LogP contribution in [0.1, 0.15) is 38.5 Å². The fourth-order valence-electron chi connectivity index (χ4n) is 2.84. The first-order valence-corrected chi connectivity index (χ1v) is 7.49. The Kier molecular flexibility index (Phi) is 7.55. The summed E-state index contributed by atoms with van der Waals surface area (Å²) in [5, 5.41) is 9.38. The lowest BCUT2D eigenvalue weighted by molar-refractivity contribution is -0.144. The van der Waals surface area contributed by atoms with Gasteiger partial charge in [0.2, 0.25) is 0 Å². The van der Waals surface area contributed by atoms with Crippen molar-refractivity contribution in [3.63, 3.8) is 0 Å². The van der Waals surface area contributed by atoms with Gasteiger partial charge in [-0.2, -0.15) is 0 Å². The largest absolute Gasteiger partial charge is 0.480 e. The van der Waals surface area contributed by atoms with Crippen LogP contribution < -0.4 is 5.73 Å². The van der Waals surface area contributed by atoms with Gasteiger partial charge in [-0.05, 0) is 32.2 Å². The lowest BCUT2D eigenvalue weighted by atomic mass is 9.88. The van der Waals surface area contributed by atoms with Crippen molar-refractivity contribution in [3.05, 3.63) is 0 Å². The van der Waals surface area contributed by atoms with E-state index in [1.54, 1.807) is 7.11 Å². The summed E-state index contributed by atoms with van der Waals surface area (Å²) in [6.45, 7) is 2.43. The van der Waals surface area contributed by atoms with Crippen molar-refractivity contribution in [2.75, 3.05) is 26.8 Å². The molecule has 1 heterocycles. The van der Waals surface area contributed by atoms with Crippen LogP contribution in [0.15, 0.2) is 0 Å². The van der Waals surface area contributed by atoms with Gasteiger partial charge in [-0.25, -0.2) is 0 Å². The van der Waals surface area contributed by atoms with Crippen LogP contribution in [0, 0.1) is 0 Å². The molecule has 0 bridgehead atoms. The standard InChI is InChI=1S/C14H27BN2O3/c1-20-11-12-5-4-9-17(12)10-7-14(16,13(18)19)6-2-3-8-15/h12H,2-11,16H2,1H3,(H,18,19)/t12-,14-/m1/s1. The Morgan fingerprint density at radius 1 is 1.50 bits per heavy atom. The number of unbranched alkanes of at least 4 members (excludes halogenated alkanes) is 1. The zero-order chi connectivity index (χ0) is 15.0. The van der Waals surface area contributed by atoms with Crippen molar-refractivity contribution >= 4 is 13.8 Å². The lowest BCUT2D eigenvalue weighted by Crippen LogP contribution is -2.50. The number of hydrogen-bond acceptors (Lipinski definition) is 4. The number of nitrogens with zero attached hydrogens (tertiary/aromatic N) is 1. The normalized spacial score (nSPS) is 22.8. The molecule has 1 rings (SSSR count). The topological polar surface area (TPSA) is 75.8 Å². The Morgan fingerprint density at radius 2 is 2.25 bits per heavy atom. The molecular weight excluding hydrogens is 255 g/mol. The van der Waals surface area contributed by atoms with Crippen molar-refractivity contribution in [1.82, 2.24) is 4.90 Å². The maximum atomic E-state index is 11.4. The van der Waals surface area contributed by atoms with Crippen molar-refractivity contribution < 1.29 is 14.6 Å². The quantitative estimate of drug-likeness (QED) is 0.462. The van der Waals surface area contributed by atoms with E-state index in [1.165, 1.54) is 0 Å². The maximum Gasteiger partial charge on any atom is 0.323 e. The lowest BCUT2D eigenvalue weighted by Gasteiger charge is -2.30. The van der Waals surface area contributed by atoms with Gasteiger partial charge >= 0.3 is 5.97 Å². The second kappa shape index (κ2) is 8.65. The van der Waals surface area contributed by atoms with Gasteiger partial charge in [0, 0.05) is 19.7 Å². The monoisotopic (exact) mass is 282 g/mol. The second-order valence-electron chi connectivity index (χ2n) is 5.74. The van der Waals surface area contributed by atoms with Gasteiger partial charge < -0.3 is 15.6 Å². The zero-order valence-corrected chi connectivity index (χ0v) is 12.5. The molecule has 3 N–H and O–H groups in total. The number of ether oxygens (including phenoxy) is 1. The summed E-state index contributed by atoms with van der Waals surface area (Å²) in [6, 6.07) is 0.405. The van der Waals surface area contributed by atoms with E-state index in [0.29, 0.717) is 31.8 Å². The van der Waals surface area contributed by atoms with Crippen LogP contribution in [0.2, 0.25) is 6.32 Å². The van der Waals surface area contributed by atoms with Gasteiger partial charge in [-0.3, -0.25) is 9.69 Å². The van der Waals surface area contributed by atoms with Gasteiger partial charge in [0.15, 0.2) is 0 Å². The summed E-state index contributed by atoms with van der Waals surface area (Å²) in [7, 11) is 7.15. The van der Waals surface area contributed by atoms with Crippen LogP contribution in [0.25, 0.3) is 0 Å². The van der Waals surface area contributed by atoms with E-state index in [0.717, 1.165) is 38.8 Å². The van der Waals surface area contributed by atoms with E-state index in [9.17, 15) is 9.90 Å². The number of carboxylic acid groups (broad SMARTS) is 1. The number of carboxylic acids is 1. The summed E-state index contributed by atoms with van der Waals surface area (Å²) < 4.78 is 5.21. The van der Waals surface area contributed by atoms with Gasteiger partial charge in [-0.1, -0.05) is 19.2 Å². The molecule has 20 heavy (non-hydrogen) atoms. The van der Waals surface area contributed by atoms with Gasteiger partial charge in [0.25, 0.3) is 0 Å². The number of rotatable bonds is 10. The Balaban J connectivity index is 2.47. The van der Waals surface area contributed by atoms with Crippen LogP contribution in [0.4, 0.5) is 0 Å². The number of nitrogens with two attached hydrogens (primary N) is 1. The Labute approximate surface area is 123 Å². The van der Waals surface area contributed by atoms with Gasteiger partial charge in [0.05, 0.1) is 14.5 Å². The molecule has 1 aliphatic heterocycles. The fraction of sp³-hybridized carbons (Fsp3) is 0.929. The van der Waals surface area contributed by atoms with Crippen LogP contribution >= 0.6 is 0 Å². The first-order chi connectivity index (χ1) is 9.53. The first kappa shape index (κ1) is 17.5. The molecule has 0 aromatic carbocycles. The highest BCUT2D eigenvalue weighted by Crippen LogP contribution is 2.22. The minimum atomic E-state index is -1.13. The van der Waals surface area contributed by atoms with Crippen molar-refractivity contribution in [3.8, 4) is 0 Å². The van der Waals surface area contributed by atoms with Crippen LogP contribution in [0.3, 0.4) is 0 Å². The second-order valence-corrected chi connectivity index (χ2v) is 5.74. The Bertz CT molecular complexity index is 304. The van der Waals surface area contributed by atoms with E-state index >= 15 is 0 Å². The molecule has 2 radical (unpaired) electrons. The summed E-state index contributed by atoms with van der Waals surface area (Å²) in [5.41, 5.74) is 4.95. The molecule has 5 nitrogen and oxygen atoms in total. The van der Waals surface area contributed by atoms with Crippen LogP contribution in [-0.2, 0) is 9.53 Å². The molecule has 0 aromatic heterocycles. The van der Waals surface area contributed by atoms with E-state index in [-0.39, 0.29) is 0 Å². The molecule has 1 fully saturated rings. The molecule has 0 aliphatic carbocycles. The summed E-state index contributed by atoms with van der Waals surface area (Å²) >= 11 is 0. The third kappa shape index (κ3) is 5.07. The molecule has 0 aromatic rings. The SMILES string of the molecule is [B]CCCC[C@@](N)(CCN1CCC[C@@H]1COC)C(=O)O. The number of methoxy groups -OCH3 is 1. The Hall–Kier alpha value is -0.585. The number of carbonyl (C=O) groups is 1. The van der Waals surface area contributed by atoms with Crippen molar-refractivity contribution in [1.29, 1.82) is 0 Å². The minimum Gasteiger partial charge on any atom is -0.480 e. The highest BCUT2D eigenvalue weighted by molar-refractivity contribution is 6.08. The molecule has 6 heteroatoms. The molecule has 1 saturated heterocycles. The van der Waals surface area contributed by atoms with E-state index in [4.69, 9.17) is 18.3 Å². The third-order valence-electron chi connectivity index (χ3n) is 4.21. The van der Waals surface area contributed by atoms with Crippen LogP contribution in [0.5, 0.6) is 0 Å². The Morgan fingerprint density at radius 3 is 2.85 bits per heavy atom. The summed E-state index contributed by atoms with van der Waals surface area (Å²) in [4.78, 5) is 13.7. The molecule has 114 valence electrons. The number of aliphatic carboxylic acids is 1. The highest BCUT2D eigenvalue weighted by Gasteiger charge is 2.35. The van der Waals surface area contributed by atoms with Crippen LogP contribution in [-0.4, -0.2) is 62.2 Å². The van der Waals surface area contributed by atoms with E-state index < -0.39 is 11.5 Å². The average molecular weight is 282 g/mol. The number of likely N-dealkylation sites (tertiary alicyclic amines) is 1. The summed E-state index contributed by atoms with van der Waals surface area (Å²) in [6.07, 6.45) is 5.40. The molecule has 1 aliphatic rings. The predicted molar refractivity (Wildman–Crippen MR) is 80.1 cm³/mol. The van der Waals surface area contributed by atoms with E-state index in [2.05, 4.69) is 4.90 Å². The number of hydrogen-bond donors (Lipinski definition) is 2. The first-order valence-electron chi connectivity index (χ1n) is 7.49. The van der Waals surface area contributed by atoms with E-state index in [1.807, 2.05) is 0 Å². The predicted octanol–water partition coefficient (Wildman–Crippen LogP) is 1.03. The molecule has 0 unspecified atom stereocenters. The highest BCUT2D eigenvalue weighted by atomic mass is 16.5. The summed E-state index contributed by atoms with van der Waals surface area (Å²) in [5.74, 6) is -0.906. The third-order valence-corrected chi connectivity index (χ3v) is 4.21. The zero-order valence-electron chi connectivity index (χ0n) is 12.5. The molecule has 0 spiro atoms. The molecular formula is C14H27BN2O3. The van der Waals surface area contributed by atoms with Crippen molar-refractivity contribution in [2.24, 2.45) is 5.73 Å².